The lowest BCUT2D eigenvalue weighted by molar-refractivity contribution is 0.0454. The highest BCUT2D eigenvalue weighted by Crippen LogP contribution is 2.34. The zero-order chi connectivity index (χ0) is 18.8. The highest BCUT2D eigenvalue weighted by atomic mass is 35.5. The smallest absolute Gasteiger partial charge is 0.276 e. The number of likely N-dealkylation sites (tertiary alicyclic amines) is 1. The van der Waals surface area contributed by atoms with Gasteiger partial charge < -0.3 is 14.1 Å². The maximum absolute atomic E-state index is 13.1. The summed E-state index contributed by atoms with van der Waals surface area (Å²) in [6, 6.07) is 13.8. The van der Waals surface area contributed by atoms with Crippen LogP contribution in [0.2, 0.25) is 5.02 Å². The fraction of sp³-hybridized carbons (Fsp3) is 0.200. The predicted octanol–water partition coefficient (Wildman–Crippen LogP) is 4.63. The Morgan fingerprint density at radius 2 is 2.11 bits per heavy atom. The molecule has 1 fully saturated rings. The minimum absolute atomic E-state index is 0.0131. The van der Waals surface area contributed by atoms with Crippen molar-refractivity contribution in [2.75, 3.05) is 6.54 Å². The van der Waals surface area contributed by atoms with Gasteiger partial charge in [0.15, 0.2) is 12.3 Å². The summed E-state index contributed by atoms with van der Waals surface area (Å²) in [7, 11) is 0. The van der Waals surface area contributed by atoms with Crippen molar-refractivity contribution in [2.24, 2.45) is 0 Å². The van der Waals surface area contributed by atoms with Gasteiger partial charge in [-0.3, -0.25) is 4.79 Å². The predicted molar refractivity (Wildman–Crippen MR) is 97.1 cm³/mol. The van der Waals surface area contributed by atoms with E-state index in [0.29, 0.717) is 12.3 Å². The van der Waals surface area contributed by atoms with Crippen LogP contribution in [0.4, 0.5) is 4.39 Å². The van der Waals surface area contributed by atoms with Crippen LogP contribution in [0.15, 0.2) is 59.2 Å². The number of amides is 1. The minimum Gasteiger partial charge on any atom is -0.482 e. The van der Waals surface area contributed by atoms with Crippen LogP contribution >= 0.6 is 11.6 Å². The van der Waals surface area contributed by atoms with Crippen molar-refractivity contribution in [3.63, 3.8) is 0 Å². The van der Waals surface area contributed by atoms with Crippen molar-refractivity contribution in [3.05, 3.63) is 82.8 Å². The molecule has 0 bridgehead atoms. The Balaban J connectivity index is 1.41. The third-order valence-electron chi connectivity index (χ3n) is 4.48. The van der Waals surface area contributed by atoms with Crippen LogP contribution in [0.5, 0.6) is 5.75 Å². The summed E-state index contributed by atoms with van der Waals surface area (Å²) < 4.78 is 23.9. The number of hydrogen-bond acceptors (Lipinski definition) is 4. The fourth-order valence-electron chi connectivity index (χ4n) is 3.01. The summed E-state index contributed by atoms with van der Waals surface area (Å²) in [5.74, 6) is -0.0599. The molecule has 1 aromatic heterocycles. The molecule has 1 aliphatic heterocycles. The molecule has 4 rings (SSSR count). The second-order valence-electron chi connectivity index (χ2n) is 6.20. The Morgan fingerprint density at radius 1 is 1.30 bits per heavy atom. The van der Waals surface area contributed by atoms with Crippen molar-refractivity contribution >= 4 is 17.5 Å². The number of aromatic nitrogens is 1. The van der Waals surface area contributed by atoms with E-state index in [1.54, 1.807) is 4.90 Å². The Bertz CT molecular complexity index is 961. The number of halogens is 2. The first-order valence-electron chi connectivity index (χ1n) is 8.50. The number of carbonyl (C=O) groups excluding carboxylic acids is 1. The average molecular weight is 387 g/mol. The summed E-state index contributed by atoms with van der Waals surface area (Å²) in [4.78, 5) is 18.7. The molecule has 1 saturated heterocycles. The van der Waals surface area contributed by atoms with Crippen molar-refractivity contribution in [1.29, 1.82) is 0 Å². The molecule has 5 nitrogen and oxygen atoms in total. The van der Waals surface area contributed by atoms with Gasteiger partial charge in [0.1, 0.15) is 17.8 Å². The van der Waals surface area contributed by atoms with Crippen LogP contribution in [-0.4, -0.2) is 22.3 Å². The van der Waals surface area contributed by atoms with Gasteiger partial charge in [0.05, 0.1) is 11.1 Å². The first-order valence-corrected chi connectivity index (χ1v) is 8.88. The molecule has 3 aromatic rings. The standard InChI is InChI=1S/C20H16ClFN2O3/c21-15-10-14(22)6-7-18(15)26-12-19-23-16(11-27-19)20(25)24-9-8-17(24)13-4-2-1-3-5-13/h1-7,10-11,17H,8-9,12H2. The van der Waals surface area contributed by atoms with E-state index in [1.807, 2.05) is 30.3 Å². The maximum Gasteiger partial charge on any atom is 0.276 e. The van der Waals surface area contributed by atoms with Crippen LogP contribution < -0.4 is 4.74 Å². The topological polar surface area (TPSA) is 55.6 Å². The lowest BCUT2D eigenvalue weighted by Gasteiger charge is -2.40. The molecule has 0 saturated carbocycles. The van der Waals surface area contributed by atoms with Gasteiger partial charge in [0, 0.05) is 6.54 Å². The van der Waals surface area contributed by atoms with Crippen molar-refractivity contribution < 1.29 is 18.3 Å². The van der Waals surface area contributed by atoms with E-state index in [0.717, 1.165) is 18.1 Å². The molecule has 0 radical (unpaired) electrons. The fourth-order valence-corrected chi connectivity index (χ4v) is 3.23. The number of carbonyl (C=O) groups is 1. The molecule has 27 heavy (non-hydrogen) atoms. The maximum atomic E-state index is 13.1. The normalized spacial score (nSPS) is 16.1. The van der Waals surface area contributed by atoms with E-state index in [2.05, 4.69) is 4.98 Å². The molecule has 138 valence electrons. The molecule has 0 N–H and O–H groups in total. The van der Waals surface area contributed by atoms with Crippen LogP contribution in [0.3, 0.4) is 0 Å². The van der Waals surface area contributed by atoms with Gasteiger partial charge in [-0.25, -0.2) is 9.37 Å². The molecular formula is C20H16ClFN2O3. The van der Waals surface area contributed by atoms with Crippen molar-refractivity contribution in [1.82, 2.24) is 9.88 Å². The lowest BCUT2D eigenvalue weighted by Crippen LogP contribution is -2.45. The Morgan fingerprint density at radius 3 is 2.81 bits per heavy atom. The van der Waals surface area contributed by atoms with Crippen LogP contribution in [-0.2, 0) is 6.61 Å². The summed E-state index contributed by atoms with van der Waals surface area (Å²) >= 11 is 5.92. The first kappa shape index (κ1) is 17.5. The third-order valence-corrected chi connectivity index (χ3v) is 4.78. The lowest BCUT2D eigenvalue weighted by atomic mass is 9.94. The second kappa shape index (κ2) is 7.40. The van der Waals surface area contributed by atoms with Gasteiger partial charge in [-0.15, -0.1) is 0 Å². The zero-order valence-corrected chi connectivity index (χ0v) is 15.0. The van der Waals surface area contributed by atoms with Gasteiger partial charge in [-0.05, 0) is 30.2 Å². The van der Waals surface area contributed by atoms with Crippen molar-refractivity contribution in [2.45, 2.75) is 19.1 Å². The quantitative estimate of drug-likeness (QED) is 0.641. The van der Waals surface area contributed by atoms with Crippen LogP contribution in [0, 0.1) is 5.82 Å². The Hall–Kier alpha value is -2.86. The van der Waals surface area contributed by atoms with E-state index in [4.69, 9.17) is 20.8 Å². The largest absolute Gasteiger partial charge is 0.482 e. The van der Waals surface area contributed by atoms with Crippen LogP contribution in [0.25, 0.3) is 0 Å². The average Bonchev–Trinajstić information content (AvgIpc) is 3.10. The minimum atomic E-state index is -0.445. The Kier molecular flexibility index (Phi) is 4.81. The summed E-state index contributed by atoms with van der Waals surface area (Å²) in [6.45, 7) is 0.670. The number of rotatable bonds is 5. The number of nitrogens with zero attached hydrogens (tertiary/aromatic N) is 2. The molecule has 0 aliphatic carbocycles. The highest BCUT2D eigenvalue weighted by Gasteiger charge is 2.35. The number of benzene rings is 2. The zero-order valence-electron chi connectivity index (χ0n) is 14.3. The van der Waals surface area contributed by atoms with Gasteiger partial charge in [0.25, 0.3) is 5.91 Å². The monoisotopic (exact) mass is 386 g/mol. The van der Waals surface area contributed by atoms with E-state index in [9.17, 15) is 9.18 Å². The molecule has 7 heteroatoms. The molecule has 1 aliphatic rings. The summed E-state index contributed by atoms with van der Waals surface area (Å²) in [6.07, 6.45) is 2.25. The second-order valence-corrected chi connectivity index (χ2v) is 6.61. The van der Waals surface area contributed by atoms with Gasteiger partial charge >= 0.3 is 0 Å². The van der Waals surface area contributed by atoms with Crippen molar-refractivity contribution in [3.8, 4) is 5.75 Å². The number of hydrogen-bond donors (Lipinski definition) is 0. The third kappa shape index (κ3) is 3.66. The van der Waals surface area contributed by atoms with E-state index in [-0.39, 0.29) is 35.2 Å². The molecule has 2 heterocycles. The molecule has 1 unspecified atom stereocenters. The van der Waals surface area contributed by atoms with Crippen LogP contribution in [0.1, 0.15) is 34.4 Å². The van der Waals surface area contributed by atoms with Gasteiger partial charge in [0.2, 0.25) is 5.89 Å². The van der Waals surface area contributed by atoms with E-state index < -0.39 is 5.82 Å². The first-order chi connectivity index (χ1) is 13.1. The summed E-state index contributed by atoms with van der Waals surface area (Å²) in [5.41, 5.74) is 1.34. The van der Waals surface area contributed by atoms with Gasteiger partial charge in [-0.1, -0.05) is 41.9 Å². The molecule has 1 amide bonds. The van der Waals surface area contributed by atoms with E-state index >= 15 is 0 Å². The molecular weight excluding hydrogens is 371 g/mol. The number of ether oxygens (including phenoxy) is 1. The SMILES string of the molecule is O=C(c1coc(COc2ccc(F)cc2Cl)n1)N1CCC1c1ccccc1. The Labute approximate surface area is 160 Å². The van der Waals surface area contributed by atoms with Gasteiger partial charge in [-0.2, -0.15) is 0 Å². The van der Waals surface area contributed by atoms with E-state index in [1.165, 1.54) is 18.4 Å². The molecule has 0 spiro atoms. The highest BCUT2D eigenvalue weighted by molar-refractivity contribution is 6.32. The number of oxazole rings is 1. The molecule has 1 atom stereocenters. The summed E-state index contributed by atoms with van der Waals surface area (Å²) in [5, 5.41) is 0.157. The molecule has 2 aromatic carbocycles.